The lowest BCUT2D eigenvalue weighted by Gasteiger charge is -2.19. The quantitative estimate of drug-likeness (QED) is 0.840. The smallest absolute Gasteiger partial charge is 0.224 e. The number of rotatable bonds is 7. The molecule has 0 spiro atoms. The van der Waals surface area contributed by atoms with E-state index in [9.17, 15) is 4.79 Å². The first-order chi connectivity index (χ1) is 11.1. The second-order valence-electron chi connectivity index (χ2n) is 6.60. The SMILES string of the molecule is CC(C)Oc1cccc(CC(=O)NCCN2CCCCCC2)c1. The summed E-state index contributed by atoms with van der Waals surface area (Å²) in [5.41, 5.74) is 0.996. The summed E-state index contributed by atoms with van der Waals surface area (Å²) in [5, 5.41) is 3.04. The molecule has 0 bridgehead atoms. The Balaban J connectivity index is 1.71. The van der Waals surface area contributed by atoms with Crippen molar-refractivity contribution >= 4 is 5.91 Å². The van der Waals surface area contributed by atoms with Crippen LogP contribution >= 0.6 is 0 Å². The second-order valence-corrected chi connectivity index (χ2v) is 6.60. The van der Waals surface area contributed by atoms with Crippen LogP contribution in [0.15, 0.2) is 24.3 Å². The first-order valence-electron chi connectivity index (χ1n) is 8.88. The Morgan fingerprint density at radius 2 is 1.96 bits per heavy atom. The molecule has 0 unspecified atom stereocenters. The van der Waals surface area contributed by atoms with Gasteiger partial charge in [-0.05, 0) is 57.5 Å². The van der Waals surface area contributed by atoms with Crippen LogP contribution in [0.25, 0.3) is 0 Å². The van der Waals surface area contributed by atoms with Gasteiger partial charge in [0.05, 0.1) is 12.5 Å². The van der Waals surface area contributed by atoms with Crippen molar-refractivity contribution in [2.45, 2.75) is 52.1 Å². The van der Waals surface area contributed by atoms with Crippen molar-refractivity contribution < 1.29 is 9.53 Å². The first kappa shape index (κ1) is 17.8. The van der Waals surface area contributed by atoms with Crippen LogP contribution in [0.3, 0.4) is 0 Å². The molecule has 0 aliphatic carbocycles. The lowest BCUT2D eigenvalue weighted by Crippen LogP contribution is -2.36. The number of hydrogen-bond donors (Lipinski definition) is 1. The highest BCUT2D eigenvalue weighted by atomic mass is 16.5. The van der Waals surface area contributed by atoms with Crippen molar-refractivity contribution in [2.24, 2.45) is 0 Å². The molecule has 1 N–H and O–H groups in total. The van der Waals surface area contributed by atoms with Gasteiger partial charge in [0.25, 0.3) is 0 Å². The fourth-order valence-electron chi connectivity index (χ4n) is 2.96. The van der Waals surface area contributed by atoms with Gasteiger partial charge in [-0.1, -0.05) is 25.0 Å². The van der Waals surface area contributed by atoms with E-state index in [1.165, 1.54) is 38.8 Å². The minimum Gasteiger partial charge on any atom is -0.491 e. The van der Waals surface area contributed by atoms with E-state index in [0.29, 0.717) is 6.42 Å². The summed E-state index contributed by atoms with van der Waals surface area (Å²) < 4.78 is 5.67. The molecule has 0 aromatic heterocycles. The molecule has 0 saturated carbocycles. The maximum Gasteiger partial charge on any atom is 0.224 e. The van der Waals surface area contributed by atoms with Gasteiger partial charge >= 0.3 is 0 Å². The summed E-state index contributed by atoms with van der Waals surface area (Å²) in [6, 6.07) is 7.80. The molecule has 1 aromatic rings. The zero-order valence-corrected chi connectivity index (χ0v) is 14.5. The van der Waals surface area contributed by atoms with Crippen molar-refractivity contribution in [3.8, 4) is 5.75 Å². The molecular formula is C19H30N2O2. The van der Waals surface area contributed by atoms with Crippen LogP contribution in [0.4, 0.5) is 0 Å². The third-order valence-electron chi connectivity index (χ3n) is 4.08. The number of amides is 1. The van der Waals surface area contributed by atoms with Crippen molar-refractivity contribution in [3.05, 3.63) is 29.8 Å². The predicted molar refractivity (Wildman–Crippen MR) is 93.8 cm³/mol. The molecular weight excluding hydrogens is 288 g/mol. The Hall–Kier alpha value is -1.55. The summed E-state index contributed by atoms with van der Waals surface area (Å²) in [6.45, 7) is 8.04. The molecule has 128 valence electrons. The van der Waals surface area contributed by atoms with Crippen LogP contribution in [0.1, 0.15) is 45.1 Å². The minimum absolute atomic E-state index is 0.0847. The molecule has 1 aromatic carbocycles. The van der Waals surface area contributed by atoms with Crippen LogP contribution in [0.5, 0.6) is 5.75 Å². The number of nitrogens with zero attached hydrogens (tertiary/aromatic N) is 1. The van der Waals surface area contributed by atoms with E-state index >= 15 is 0 Å². The Kier molecular flexibility index (Phi) is 7.40. The number of carbonyl (C=O) groups excluding carboxylic acids is 1. The van der Waals surface area contributed by atoms with Crippen LogP contribution in [0, 0.1) is 0 Å². The van der Waals surface area contributed by atoms with Gasteiger partial charge in [-0.3, -0.25) is 4.79 Å². The summed E-state index contributed by atoms with van der Waals surface area (Å²) in [4.78, 5) is 14.5. The number of nitrogens with one attached hydrogen (secondary N) is 1. The first-order valence-corrected chi connectivity index (χ1v) is 8.88. The summed E-state index contributed by atoms with van der Waals surface area (Å²) in [7, 11) is 0. The van der Waals surface area contributed by atoms with Gasteiger partial charge in [0.2, 0.25) is 5.91 Å². The van der Waals surface area contributed by atoms with Crippen molar-refractivity contribution in [2.75, 3.05) is 26.2 Å². The Morgan fingerprint density at radius 3 is 2.65 bits per heavy atom. The molecule has 1 amide bonds. The van der Waals surface area contributed by atoms with Gasteiger partial charge in [0.1, 0.15) is 5.75 Å². The predicted octanol–water partition coefficient (Wildman–Crippen LogP) is 3.01. The van der Waals surface area contributed by atoms with Crippen LogP contribution < -0.4 is 10.1 Å². The highest BCUT2D eigenvalue weighted by molar-refractivity contribution is 5.78. The molecule has 1 aliphatic heterocycles. The van der Waals surface area contributed by atoms with Gasteiger partial charge in [-0.25, -0.2) is 0 Å². The normalized spacial score (nSPS) is 16.1. The monoisotopic (exact) mass is 318 g/mol. The van der Waals surface area contributed by atoms with Crippen molar-refractivity contribution in [3.63, 3.8) is 0 Å². The summed E-state index contributed by atoms with van der Waals surface area (Å²) in [6.07, 6.45) is 5.82. The standard InChI is InChI=1S/C19H30N2O2/c1-16(2)23-18-9-7-8-17(14-18)15-19(22)20-10-13-21-11-5-3-4-6-12-21/h7-9,14,16H,3-6,10-13,15H2,1-2H3,(H,20,22). The minimum atomic E-state index is 0.0847. The Morgan fingerprint density at radius 1 is 1.22 bits per heavy atom. The Labute approximate surface area is 140 Å². The van der Waals surface area contributed by atoms with Gasteiger partial charge in [-0.15, -0.1) is 0 Å². The molecule has 23 heavy (non-hydrogen) atoms. The van der Waals surface area contributed by atoms with E-state index in [1.54, 1.807) is 0 Å². The third-order valence-corrected chi connectivity index (χ3v) is 4.08. The molecule has 4 nitrogen and oxygen atoms in total. The maximum absolute atomic E-state index is 12.1. The summed E-state index contributed by atoms with van der Waals surface area (Å²) >= 11 is 0. The number of carbonyl (C=O) groups is 1. The number of benzene rings is 1. The lowest BCUT2D eigenvalue weighted by molar-refractivity contribution is -0.120. The van der Waals surface area contributed by atoms with Gasteiger partial charge in [-0.2, -0.15) is 0 Å². The van der Waals surface area contributed by atoms with Crippen LogP contribution in [-0.2, 0) is 11.2 Å². The molecule has 1 saturated heterocycles. The van der Waals surface area contributed by atoms with Crippen molar-refractivity contribution in [1.82, 2.24) is 10.2 Å². The number of likely N-dealkylation sites (tertiary alicyclic amines) is 1. The molecule has 1 fully saturated rings. The van der Waals surface area contributed by atoms with Crippen molar-refractivity contribution in [1.29, 1.82) is 0 Å². The van der Waals surface area contributed by atoms with E-state index in [1.807, 2.05) is 38.1 Å². The van der Waals surface area contributed by atoms with Crippen LogP contribution in [-0.4, -0.2) is 43.1 Å². The zero-order valence-electron chi connectivity index (χ0n) is 14.5. The molecule has 4 heteroatoms. The largest absolute Gasteiger partial charge is 0.491 e. The average molecular weight is 318 g/mol. The van der Waals surface area contributed by atoms with E-state index < -0.39 is 0 Å². The molecule has 2 rings (SSSR count). The van der Waals surface area contributed by atoms with Gasteiger partial charge < -0.3 is 15.0 Å². The fraction of sp³-hybridized carbons (Fsp3) is 0.632. The van der Waals surface area contributed by atoms with Gasteiger partial charge in [0, 0.05) is 13.1 Å². The number of hydrogen-bond acceptors (Lipinski definition) is 3. The van der Waals surface area contributed by atoms with Gasteiger partial charge in [0.15, 0.2) is 0 Å². The highest BCUT2D eigenvalue weighted by Crippen LogP contribution is 2.15. The topological polar surface area (TPSA) is 41.6 Å². The molecule has 1 heterocycles. The maximum atomic E-state index is 12.1. The fourth-order valence-corrected chi connectivity index (χ4v) is 2.96. The highest BCUT2D eigenvalue weighted by Gasteiger charge is 2.09. The second kappa shape index (κ2) is 9.56. The average Bonchev–Trinajstić information content (AvgIpc) is 2.75. The van der Waals surface area contributed by atoms with E-state index in [-0.39, 0.29) is 12.0 Å². The molecule has 0 radical (unpaired) electrons. The van der Waals surface area contributed by atoms with E-state index in [0.717, 1.165) is 24.4 Å². The summed E-state index contributed by atoms with van der Waals surface area (Å²) in [5.74, 6) is 0.913. The number of ether oxygens (including phenoxy) is 1. The molecule has 0 atom stereocenters. The zero-order chi connectivity index (χ0) is 16.5. The lowest BCUT2D eigenvalue weighted by atomic mass is 10.1. The Bertz CT molecular complexity index is 480. The van der Waals surface area contributed by atoms with Crippen LogP contribution in [0.2, 0.25) is 0 Å². The molecule has 1 aliphatic rings. The third kappa shape index (κ3) is 7.04. The van der Waals surface area contributed by atoms with E-state index in [4.69, 9.17) is 4.74 Å². The van der Waals surface area contributed by atoms with E-state index in [2.05, 4.69) is 10.2 Å².